The Morgan fingerprint density at radius 3 is 2.69 bits per heavy atom. The number of carbonyl (C=O) groups is 1. The summed E-state index contributed by atoms with van der Waals surface area (Å²) in [5, 5.41) is 6.50. The van der Waals surface area contributed by atoms with E-state index in [4.69, 9.17) is 0 Å². The second kappa shape index (κ2) is 4.02. The Morgan fingerprint density at radius 1 is 1.31 bits per heavy atom. The molecule has 1 aliphatic heterocycles. The van der Waals surface area contributed by atoms with Gasteiger partial charge in [-0.15, -0.1) is 0 Å². The molecular formula is C13H22N2O. The Kier molecular flexibility index (Phi) is 2.66. The van der Waals surface area contributed by atoms with E-state index in [9.17, 15) is 4.79 Å². The van der Waals surface area contributed by atoms with Crippen molar-refractivity contribution in [3.05, 3.63) is 0 Å². The number of hydrogen-bond donors (Lipinski definition) is 2. The highest BCUT2D eigenvalue weighted by Gasteiger charge is 2.53. The van der Waals surface area contributed by atoms with Crippen molar-refractivity contribution in [1.82, 2.24) is 10.6 Å². The molecule has 2 saturated carbocycles. The molecule has 1 amide bonds. The maximum absolute atomic E-state index is 12.0. The highest BCUT2D eigenvalue weighted by molar-refractivity contribution is 5.79. The van der Waals surface area contributed by atoms with E-state index >= 15 is 0 Å². The smallest absolute Gasteiger partial charge is 0.224 e. The lowest BCUT2D eigenvalue weighted by molar-refractivity contribution is -0.125. The highest BCUT2D eigenvalue weighted by Crippen LogP contribution is 2.60. The molecule has 0 aromatic rings. The van der Waals surface area contributed by atoms with Gasteiger partial charge in [0.15, 0.2) is 0 Å². The van der Waals surface area contributed by atoms with Gasteiger partial charge in [-0.1, -0.05) is 0 Å². The maximum atomic E-state index is 12.0. The van der Waals surface area contributed by atoms with Crippen molar-refractivity contribution in [2.45, 2.75) is 38.5 Å². The molecule has 3 rings (SSSR count). The SMILES string of the molecule is O=C(NCC1(C2CC2)CC1)C1CCCNC1. The summed E-state index contributed by atoms with van der Waals surface area (Å²) in [6, 6.07) is 0. The van der Waals surface area contributed by atoms with Crippen LogP contribution in [0, 0.1) is 17.3 Å². The number of rotatable bonds is 4. The summed E-state index contributed by atoms with van der Waals surface area (Å²) in [5.41, 5.74) is 0.539. The molecule has 2 aliphatic carbocycles. The van der Waals surface area contributed by atoms with Crippen LogP contribution in [0.25, 0.3) is 0 Å². The van der Waals surface area contributed by atoms with E-state index in [2.05, 4.69) is 10.6 Å². The predicted octanol–water partition coefficient (Wildman–Crippen LogP) is 1.29. The van der Waals surface area contributed by atoms with Crippen LogP contribution in [0.5, 0.6) is 0 Å². The van der Waals surface area contributed by atoms with Gasteiger partial charge in [-0.05, 0) is 56.4 Å². The highest BCUT2D eigenvalue weighted by atomic mass is 16.1. The second-order valence-electron chi connectivity index (χ2n) is 5.90. The number of nitrogens with one attached hydrogen (secondary N) is 2. The van der Waals surface area contributed by atoms with E-state index in [-0.39, 0.29) is 5.92 Å². The minimum absolute atomic E-state index is 0.226. The van der Waals surface area contributed by atoms with Crippen molar-refractivity contribution in [2.75, 3.05) is 19.6 Å². The first-order chi connectivity index (χ1) is 7.80. The number of amides is 1. The summed E-state index contributed by atoms with van der Waals surface area (Å²) in [5.74, 6) is 1.46. The maximum Gasteiger partial charge on any atom is 0.224 e. The van der Waals surface area contributed by atoms with Crippen molar-refractivity contribution in [1.29, 1.82) is 0 Å². The van der Waals surface area contributed by atoms with Crippen LogP contribution in [0.3, 0.4) is 0 Å². The summed E-state index contributed by atoms with van der Waals surface area (Å²) in [6.45, 7) is 2.91. The van der Waals surface area contributed by atoms with Gasteiger partial charge < -0.3 is 10.6 Å². The third-order valence-corrected chi connectivity index (χ3v) is 4.62. The van der Waals surface area contributed by atoms with Gasteiger partial charge in [0.2, 0.25) is 5.91 Å². The van der Waals surface area contributed by atoms with Crippen LogP contribution < -0.4 is 10.6 Å². The minimum atomic E-state index is 0.226. The van der Waals surface area contributed by atoms with Crippen molar-refractivity contribution < 1.29 is 4.79 Å². The predicted molar refractivity (Wildman–Crippen MR) is 63.0 cm³/mol. The molecule has 1 heterocycles. The molecule has 3 aliphatic rings. The second-order valence-corrected chi connectivity index (χ2v) is 5.90. The topological polar surface area (TPSA) is 41.1 Å². The van der Waals surface area contributed by atoms with Crippen LogP contribution in [-0.4, -0.2) is 25.5 Å². The summed E-state index contributed by atoms with van der Waals surface area (Å²) in [6.07, 6.45) is 7.71. The summed E-state index contributed by atoms with van der Waals surface area (Å²) in [4.78, 5) is 12.0. The normalized spacial score (nSPS) is 32.1. The van der Waals surface area contributed by atoms with Gasteiger partial charge in [0.25, 0.3) is 0 Å². The van der Waals surface area contributed by atoms with E-state index < -0.39 is 0 Å². The first-order valence-corrected chi connectivity index (χ1v) is 6.79. The Labute approximate surface area is 97.4 Å². The van der Waals surface area contributed by atoms with E-state index in [0.717, 1.165) is 38.4 Å². The number of piperidine rings is 1. The molecule has 3 fully saturated rings. The zero-order valence-corrected chi connectivity index (χ0v) is 9.93. The molecule has 1 atom stereocenters. The van der Waals surface area contributed by atoms with E-state index in [1.807, 2.05) is 0 Å². The van der Waals surface area contributed by atoms with Crippen molar-refractivity contribution in [3.8, 4) is 0 Å². The van der Waals surface area contributed by atoms with E-state index in [1.54, 1.807) is 0 Å². The molecule has 2 N–H and O–H groups in total. The first-order valence-electron chi connectivity index (χ1n) is 6.79. The van der Waals surface area contributed by atoms with Crippen LogP contribution in [-0.2, 0) is 4.79 Å². The van der Waals surface area contributed by atoms with Gasteiger partial charge in [-0.2, -0.15) is 0 Å². The molecule has 0 spiro atoms. The van der Waals surface area contributed by atoms with Gasteiger partial charge in [0.1, 0.15) is 0 Å². The quantitative estimate of drug-likeness (QED) is 0.752. The Hall–Kier alpha value is -0.570. The van der Waals surface area contributed by atoms with Gasteiger partial charge in [0, 0.05) is 13.1 Å². The Balaban J connectivity index is 1.45. The largest absolute Gasteiger partial charge is 0.355 e. The van der Waals surface area contributed by atoms with E-state index in [1.165, 1.54) is 25.7 Å². The molecule has 16 heavy (non-hydrogen) atoms. The fourth-order valence-corrected chi connectivity index (χ4v) is 3.07. The lowest BCUT2D eigenvalue weighted by Gasteiger charge is -2.23. The van der Waals surface area contributed by atoms with Gasteiger partial charge >= 0.3 is 0 Å². The van der Waals surface area contributed by atoms with Crippen LogP contribution in [0.2, 0.25) is 0 Å². The first kappa shape index (κ1) is 10.6. The molecule has 0 bridgehead atoms. The van der Waals surface area contributed by atoms with Crippen LogP contribution in [0.4, 0.5) is 0 Å². The molecule has 1 saturated heterocycles. The average molecular weight is 222 g/mol. The van der Waals surface area contributed by atoms with E-state index in [0.29, 0.717) is 11.3 Å². The Bertz CT molecular complexity index is 276. The Morgan fingerprint density at radius 2 is 2.12 bits per heavy atom. The number of hydrogen-bond acceptors (Lipinski definition) is 2. The molecular weight excluding hydrogens is 200 g/mol. The molecule has 1 unspecified atom stereocenters. The summed E-state index contributed by atoms with van der Waals surface area (Å²) in [7, 11) is 0. The molecule has 3 heteroatoms. The lowest BCUT2D eigenvalue weighted by Crippen LogP contribution is -2.42. The molecule has 0 aromatic carbocycles. The van der Waals surface area contributed by atoms with Gasteiger partial charge in [-0.25, -0.2) is 0 Å². The lowest BCUT2D eigenvalue weighted by atomic mass is 9.97. The number of carbonyl (C=O) groups excluding carboxylic acids is 1. The minimum Gasteiger partial charge on any atom is -0.355 e. The van der Waals surface area contributed by atoms with Gasteiger partial charge in [-0.3, -0.25) is 4.79 Å². The molecule has 0 radical (unpaired) electrons. The zero-order chi connectivity index (χ0) is 11.0. The van der Waals surface area contributed by atoms with Crippen LogP contribution in [0.15, 0.2) is 0 Å². The van der Waals surface area contributed by atoms with Crippen molar-refractivity contribution in [3.63, 3.8) is 0 Å². The standard InChI is InChI=1S/C13H22N2O/c16-12(10-2-1-7-14-8-10)15-9-13(5-6-13)11-3-4-11/h10-11,14H,1-9H2,(H,15,16). The monoisotopic (exact) mass is 222 g/mol. The zero-order valence-electron chi connectivity index (χ0n) is 9.93. The molecule has 3 nitrogen and oxygen atoms in total. The molecule has 0 aromatic heterocycles. The summed E-state index contributed by atoms with van der Waals surface area (Å²) >= 11 is 0. The third kappa shape index (κ3) is 2.10. The third-order valence-electron chi connectivity index (χ3n) is 4.62. The van der Waals surface area contributed by atoms with Crippen LogP contribution in [0.1, 0.15) is 38.5 Å². The van der Waals surface area contributed by atoms with Crippen molar-refractivity contribution >= 4 is 5.91 Å². The van der Waals surface area contributed by atoms with Gasteiger partial charge in [0.05, 0.1) is 5.92 Å². The molecule has 90 valence electrons. The van der Waals surface area contributed by atoms with Crippen molar-refractivity contribution in [2.24, 2.45) is 17.3 Å². The average Bonchev–Trinajstić information content (AvgIpc) is 3.17. The fourth-order valence-electron chi connectivity index (χ4n) is 3.07. The van der Waals surface area contributed by atoms with Crippen LogP contribution >= 0.6 is 0 Å². The summed E-state index contributed by atoms with van der Waals surface area (Å²) < 4.78 is 0. The fraction of sp³-hybridized carbons (Fsp3) is 0.923.